The van der Waals surface area contributed by atoms with E-state index in [-0.39, 0.29) is 19.6 Å². The first-order valence-electron chi connectivity index (χ1n) is 6.63. The van der Waals surface area contributed by atoms with Crippen LogP contribution in [0.1, 0.15) is 26.3 Å². The number of carbonyl (C=O) groups excluding carboxylic acids is 2. The summed E-state index contributed by atoms with van der Waals surface area (Å²) in [7, 11) is 0. The Hall–Kier alpha value is -1.26. The largest absolute Gasteiger partial charge is 0.465 e. The second-order valence-corrected chi connectivity index (χ2v) is 5.53. The summed E-state index contributed by atoms with van der Waals surface area (Å²) in [6.45, 7) is 5.22. The van der Waals surface area contributed by atoms with Gasteiger partial charge in [-0.1, -0.05) is 29.3 Å². The molecule has 0 heterocycles. The highest BCUT2D eigenvalue weighted by molar-refractivity contribution is 6.35. The molecule has 0 unspecified atom stereocenters. The number of ether oxygens (including phenoxy) is 2. The van der Waals surface area contributed by atoms with Gasteiger partial charge in [-0.3, -0.25) is 9.59 Å². The Morgan fingerprint density at radius 3 is 2.05 bits per heavy atom. The van der Waals surface area contributed by atoms with E-state index in [4.69, 9.17) is 32.7 Å². The van der Waals surface area contributed by atoms with E-state index >= 15 is 0 Å². The summed E-state index contributed by atoms with van der Waals surface area (Å²) < 4.78 is 10.0. The fraction of sp³-hybridized carbons (Fsp3) is 0.467. The second-order valence-electron chi connectivity index (χ2n) is 4.69. The fourth-order valence-corrected chi connectivity index (χ4v) is 2.33. The molecule has 1 aromatic carbocycles. The molecular formula is C15H18Cl2O4. The van der Waals surface area contributed by atoms with Crippen molar-refractivity contribution in [2.75, 3.05) is 13.2 Å². The lowest BCUT2D eigenvalue weighted by molar-refractivity contribution is -0.170. The Morgan fingerprint density at radius 1 is 1.10 bits per heavy atom. The summed E-state index contributed by atoms with van der Waals surface area (Å²) in [5, 5.41) is 0.875. The van der Waals surface area contributed by atoms with E-state index in [1.807, 2.05) is 0 Å². The maximum Gasteiger partial charge on any atom is 0.323 e. The van der Waals surface area contributed by atoms with Gasteiger partial charge in [0.2, 0.25) is 0 Å². The third kappa shape index (κ3) is 4.35. The van der Waals surface area contributed by atoms with Crippen LogP contribution in [0, 0.1) is 5.41 Å². The molecule has 0 aliphatic carbocycles. The molecule has 0 saturated heterocycles. The minimum absolute atomic E-state index is 0.0840. The molecule has 0 amide bonds. The van der Waals surface area contributed by atoms with E-state index in [0.29, 0.717) is 15.6 Å². The standard InChI is InChI=1S/C15H18Cl2O4/c1-4-20-13(18)15(3,14(19)21-5-2)9-10-6-7-11(16)8-12(10)17/h6-8H,4-5,9H2,1-3H3. The van der Waals surface area contributed by atoms with Crippen molar-refractivity contribution in [1.82, 2.24) is 0 Å². The van der Waals surface area contributed by atoms with Crippen molar-refractivity contribution in [3.8, 4) is 0 Å². The van der Waals surface area contributed by atoms with Crippen LogP contribution >= 0.6 is 23.2 Å². The average molecular weight is 333 g/mol. The lowest BCUT2D eigenvalue weighted by atomic mass is 9.83. The molecule has 4 nitrogen and oxygen atoms in total. The van der Waals surface area contributed by atoms with Crippen LogP contribution in [-0.4, -0.2) is 25.2 Å². The molecule has 0 fully saturated rings. The maximum absolute atomic E-state index is 12.2. The van der Waals surface area contributed by atoms with E-state index in [2.05, 4.69) is 0 Å². The molecular weight excluding hydrogens is 315 g/mol. The number of halogens is 2. The third-order valence-corrected chi connectivity index (χ3v) is 3.60. The Bertz CT molecular complexity index is 510. The zero-order valence-electron chi connectivity index (χ0n) is 12.2. The molecule has 0 aliphatic heterocycles. The molecule has 1 aromatic rings. The molecule has 0 aliphatic rings. The molecule has 116 valence electrons. The Morgan fingerprint density at radius 2 is 1.62 bits per heavy atom. The monoisotopic (exact) mass is 332 g/mol. The van der Waals surface area contributed by atoms with Crippen molar-refractivity contribution in [1.29, 1.82) is 0 Å². The molecule has 0 radical (unpaired) electrons. The molecule has 0 aromatic heterocycles. The van der Waals surface area contributed by atoms with Crippen LogP contribution in [0.3, 0.4) is 0 Å². The SMILES string of the molecule is CCOC(=O)C(C)(Cc1ccc(Cl)cc1Cl)C(=O)OCC. The molecule has 0 saturated carbocycles. The Balaban J connectivity index is 3.12. The van der Waals surface area contributed by atoms with E-state index in [0.717, 1.165) is 0 Å². The van der Waals surface area contributed by atoms with Gasteiger partial charge in [-0.25, -0.2) is 0 Å². The highest BCUT2D eigenvalue weighted by Crippen LogP contribution is 2.31. The number of carbonyl (C=O) groups is 2. The maximum atomic E-state index is 12.2. The van der Waals surface area contributed by atoms with Gasteiger partial charge in [0.25, 0.3) is 0 Å². The van der Waals surface area contributed by atoms with Gasteiger partial charge in [0.1, 0.15) is 0 Å². The normalized spacial score (nSPS) is 11.1. The highest BCUT2D eigenvalue weighted by Gasteiger charge is 2.44. The summed E-state index contributed by atoms with van der Waals surface area (Å²) in [4.78, 5) is 24.3. The Kier molecular flexibility index (Phi) is 6.49. The summed E-state index contributed by atoms with van der Waals surface area (Å²) in [6.07, 6.45) is 0.0840. The number of hydrogen-bond donors (Lipinski definition) is 0. The van der Waals surface area contributed by atoms with Crippen LogP contribution in [0.4, 0.5) is 0 Å². The second kappa shape index (κ2) is 7.66. The molecule has 0 spiro atoms. The van der Waals surface area contributed by atoms with E-state index < -0.39 is 17.4 Å². The number of esters is 2. The van der Waals surface area contributed by atoms with Gasteiger partial charge in [-0.05, 0) is 38.5 Å². The predicted molar refractivity (Wildman–Crippen MR) is 81.5 cm³/mol. The zero-order chi connectivity index (χ0) is 16.0. The summed E-state index contributed by atoms with van der Waals surface area (Å²) in [6, 6.07) is 4.90. The van der Waals surface area contributed by atoms with Crippen molar-refractivity contribution in [3.05, 3.63) is 33.8 Å². The van der Waals surface area contributed by atoms with Crippen molar-refractivity contribution < 1.29 is 19.1 Å². The number of rotatable bonds is 6. The van der Waals surface area contributed by atoms with Crippen molar-refractivity contribution in [2.45, 2.75) is 27.2 Å². The molecule has 0 N–H and O–H groups in total. The van der Waals surface area contributed by atoms with Gasteiger partial charge in [-0.2, -0.15) is 0 Å². The van der Waals surface area contributed by atoms with Crippen LogP contribution in [0.2, 0.25) is 10.0 Å². The minimum Gasteiger partial charge on any atom is -0.465 e. The van der Waals surface area contributed by atoms with E-state index in [1.165, 1.54) is 6.92 Å². The Labute approximate surface area is 134 Å². The summed E-state index contributed by atoms with van der Waals surface area (Å²) in [5.41, 5.74) is -0.812. The van der Waals surface area contributed by atoms with Gasteiger partial charge in [0, 0.05) is 16.5 Å². The average Bonchev–Trinajstić information content (AvgIpc) is 2.42. The first-order valence-corrected chi connectivity index (χ1v) is 7.39. The molecule has 0 atom stereocenters. The molecule has 21 heavy (non-hydrogen) atoms. The van der Waals surface area contributed by atoms with Crippen LogP contribution in [0.5, 0.6) is 0 Å². The van der Waals surface area contributed by atoms with Gasteiger partial charge in [-0.15, -0.1) is 0 Å². The van der Waals surface area contributed by atoms with Crippen molar-refractivity contribution >= 4 is 35.1 Å². The van der Waals surface area contributed by atoms with E-state index in [9.17, 15) is 9.59 Å². The van der Waals surface area contributed by atoms with Crippen LogP contribution in [-0.2, 0) is 25.5 Å². The zero-order valence-corrected chi connectivity index (χ0v) is 13.8. The smallest absolute Gasteiger partial charge is 0.323 e. The lowest BCUT2D eigenvalue weighted by Gasteiger charge is -2.25. The number of hydrogen-bond acceptors (Lipinski definition) is 4. The summed E-state index contributed by atoms with van der Waals surface area (Å²) >= 11 is 12.0. The van der Waals surface area contributed by atoms with E-state index in [1.54, 1.807) is 32.0 Å². The lowest BCUT2D eigenvalue weighted by Crippen LogP contribution is -2.41. The first kappa shape index (κ1) is 17.8. The minimum atomic E-state index is -1.44. The predicted octanol–water partition coefficient (Wildman–Crippen LogP) is 3.67. The fourth-order valence-electron chi connectivity index (χ4n) is 1.85. The van der Waals surface area contributed by atoms with Gasteiger partial charge >= 0.3 is 11.9 Å². The quantitative estimate of drug-likeness (QED) is 0.589. The first-order chi connectivity index (χ1) is 9.85. The van der Waals surface area contributed by atoms with Crippen molar-refractivity contribution in [2.24, 2.45) is 5.41 Å². The van der Waals surface area contributed by atoms with Gasteiger partial charge < -0.3 is 9.47 Å². The van der Waals surface area contributed by atoms with Crippen LogP contribution in [0.25, 0.3) is 0 Å². The summed E-state index contributed by atoms with van der Waals surface area (Å²) in [5.74, 6) is -1.26. The highest BCUT2D eigenvalue weighted by atomic mass is 35.5. The molecule has 6 heteroatoms. The molecule has 1 rings (SSSR count). The van der Waals surface area contributed by atoms with Gasteiger partial charge in [0.15, 0.2) is 5.41 Å². The van der Waals surface area contributed by atoms with Crippen LogP contribution in [0.15, 0.2) is 18.2 Å². The van der Waals surface area contributed by atoms with Crippen molar-refractivity contribution in [3.63, 3.8) is 0 Å². The van der Waals surface area contributed by atoms with Crippen LogP contribution < -0.4 is 0 Å². The number of benzene rings is 1. The third-order valence-electron chi connectivity index (χ3n) is 3.01. The van der Waals surface area contributed by atoms with Gasteiger partial charge in [0.05, 0.1) is 13.2 Å². The molecule has 0 bridgehead atoms. The topological polar surface area (TPSA) is 52.6 Å².